The monoisotopic (exact) mass is 184 g/mol. The third-order valence-corrected chi connectivity index (χ3v) is 2.08. The molecule has 0 aliphatic carbocycles. The lowest BCUT2D eigenvalue weighted by atomic mass is 10.1. The average molecular weight is 184 g/mol. The molecule has 1 rings (SSSR count). The highest BCUT2D eigenvalue weighted by atomic mass is 16.6. The largest absolute Gasteiger partial charge is 0.437 e. The van der Waals surface area contributed by atoms with Crippen molar-refractivity contribution in [1.82, 2.24) is 4.90 Å². The van der Waals surface area contributed by atoms with Crippen molar-refractivity contribution in [2.24, 2.45) is 5.92 Å². The number of hydrogen-bond donors (Lipinski definition) is 1. The number of cyclic esters (lactones) is 1. The topological polar surface area (TPSA) is 53.4 Å². The molecule has 0 aromatic carbocycles. The molecule has 0 spiro atoms. The van der Waals surface area contributed by atoms with E-state index in [0.717, 1.165) is 0 Å². The van der Waals surface area contributed by atoms with E-state index in [-0.39, 0.29) is 23.9 Å². The Morgan fingerprint density at radius 1 is 1.38 bits per heavy atom. The molecule has 4 heteroatoms. The first-order valence-electron chi connectivity index (χ1n) is 4.53. The maximum absolute atomic E-state index is 11.3. The Morgan fingerprint density at radius 2 is 1.92 bits per heavy atom. The first-order valence-corrected chi connectivity index (χ1v) is 4.53. The molecule has 1 amide bonds. The molecule has 74 valence electrons. The van der Waals surface area contributed by atoms with Gasteiger partial charge < -0.3 is 4.74 Å². The zero-order valence-electron chi connectivity index (χ0n) is 8.50. The van der Waals surface area contributed by atoms with Crippen LogP contribution in [0.3, 0.4) is 0 Å². The van der Waals surface area contributed by atoms with Crippen LogP contribution in [0.4, 0.5) is 4.79 Å². The minimum absolute atomic E-state index is 0.00347. The zero-order chi connectivity index (χ0) is 10.2. The van der Waals surface area contributed by atoms with E-state index in [1.165, 1.54) is 4.90 Å². The highest BCUT2D eigenvalue weighted by molar-refractivity contribution is 6.02. The predicted molar refractivity (Wildman–Crippen MR) is 49.8 cm³/mol. The van der Waals surface area contributed by atoms with Gasteiger partial charge in [0.1, 0.15) is 5.84 Å². The van der Waals surface area contributed by atoms with E-state index in [4.69, 9.17) is 10.1 Å². The fraction of sp³-hybridized carbons (Fsp3) is 0.778. The molecule has 1 aliphatic heterocycles. The summed E-state index contributed by atoms with van der Waals surface area (Å²) in [5.41, 5.74) is 0. The van der Waals surface area contributed by atoms with Crippen LogP contribution in [-0.2, 0) is 4.74 Å². The Labute approximate surface area is 78.4 Å². The lowest BCUT2D eigenvalue weighted by molar-refractivity contribution is 0.115. The number of amidine groups is 1. The summed E-state index contributed by atoms with van der Waals surface area (Å²) in [6.07, 6.45) is -0.756. The molecular weight excluding hydrogens is 168 g/mol. The summed E-state index contributed by atoms with van der Waals surface area (Å²) in [6.45, 7) is 7.63. The zero-order valence-corrected chi connectivity index (χ0v) is 8.50. The predicted octanol–water partition coefficient (Wildman–Crippen LogP) is 1.85. The molecule has 0 bridgehead atoms. The molecule has 4 nitrogen and oxygen atoms in total. The van der Waals surface area contributed by atoms with Crippen LogP contribution < -0.4 is 0 Å². The molecule has 1 aliphatic rings. The van der Waals surface area contributed by atoms with Gasteiger partial charge in [0.2, 0.25) is 0 Å². The van der Waals surface area contributed by atoms with Gasteiger partial charge in [0, 0.05) is 6.04 Å². The number of hydrogen-bond acceptors (Lipinski definition) is 3. The summed E-state index contributed by atoms with van der Waals surface area (Å²) in [6, 6.07) is 0.00347. The number of carbonyl (C=O) groups is 1. The van der Waals surface area contributed by atoms with E-state index in [9.17, 15) is 4.79 Å². The fourth-order valence-electron chi connectivity index (χ4n) is 1.40. The minimum atomic E-state index is -0.390. The van der Waals surface area contributed by atoms with Crippen molar-refractivity contribution < 1.29 is 9.53 Å². The van der Waals surface area contributed by atoms with Gasteiger partial charge >= 0.3 is 6.09 Å². The van der Waals surface area contributed by atoms with Crippen molar-refractivity contribution in [3.8, 4) is 0 Å². The quantitative estimate of drug-likeness (QED) is 0.712. The van der Waals surface area contributed by atoms with Crippen LogP contribution in [0.25, 0.3) is 0 Å². The summed E-state index contributed by atoms with van der Waals surface area (Å²) >= 11 is 0. The number of carbonyl (C=O) groups excluding carboxylic acids is 1. The van der Waals surface area contributed by atoms with Crippen LogP contribution in [-0.4, -0.2) is 29.0 Å². The SMILES string of the molecule is CC(C)C1OC(=O)N(C(C)C)C1=N. The standard InChI is InChI=1S/C9H16N2O2/c1-5(2)7-8(10)11(6(3)4)9(12)13-7/h5-7,10H,1-4H3. The molecule has 1 N–H and O–H groups in total. The van der Waals surface area contributed by atoms with Crippen LogP contribution in [0.15, 0.2) is 0 Å². The van der Waals surface area contributed by atoms with Crippen LogP contribution in [0, 0.1) is 11.3 Å². The van der Waals surface area contributed by atoms with Crippen molar-refractivity contribution in [2.75, 3.05) is 0 Å². The van der Waals surface area contributed by atoms with Gasteiger partial charge in [0.15, 0.2) is 6.10 Å². The van der Waals surface area contributed by atoms with Crippen LogP contribution in [0.1, 0.15) is 27.7 Å². The van der Waals surface area contributed by atoms with Crippen LogP contribution in [0.5, 0.6) is 0 Å². The van der Waals surface area contributed by atoms with Crippen molar-refractivity contribution >= 4 is 11.9 Å². The van der Waals surface area contributed by atoms with Gasteiger partial charge in [-0.1, -0.05) is 13.8 Å². The number of nitrogens with zero attached hydrogens (tertiary/aromatic N) is 1. The summed E-state index contributed by atoms with van der Waals surface area (Å²) in [7, 11) is 0. The summed E-state index contributed by atoms with van der Waals surface area (Å²) in [5, 5.41) is 7.73. The van der Waals surface area contributed by atoms with Gasteiger partial charge in [-0.05, 0) is 19.8 Å². The second kappa shape index (κ2) is 3.36. The van der Waals surface area contributed by atoms with Crippen LogP contribution >= 0.6 is 0 Å². The second-order valence-corrected chi connectivity index (χ2v) is 3.90. The maximum Gasteiger partial charge on any atom is 0.416 e. The molecule has 1 saturated heterocycles. The van der Waals surface area contributed by atoms with E-state index in [1.54, 1.807) is 0 Å². The van der Waals surface area contributed by atoms with E-state index in [0.29, 0.717) is 0 Å². The second-order valence-electron chi connectivity index (χ2n) is 3.90. The Kier molecular flexibility index (Phi) is 2.59. The molecular formula is C9H16N2O2. The van der Waals surface area contributed by atoms with Crippen molar-refractivity contribution in [1.29, 1.82) is 5.41 Å². The van der Waals surface area contributed by atoms with Crippen molar-refractivity contribution in [3.63, 3.8) is 0 Å². The Bertz CT molecular complexity index is 236. The number of ether oxygens (including phenoxy) is 1. The summed E-state index contributed by atoms with van der Waals surface area (Å²) in [4.78, 5) is 12.7. The van der Waals surface area contributed by atoms with E-state index in [2.05, 4.69) is 0 Å². The Hall–Kier alpha value is -1.06. The Morgan fingerprint density at radius 3 is 2.15 bits per heavy atom. The average Bonchev–Trinajstić information content (AvgIpc) is 2.26. The van der Waals surface area contributed by atoms with E-state index >= 15 is 0 Å². The summed E-state index contributed by atoms with van der Waals surface area (Å²) in [5.74, 6) is 0.454. The number of nitrogens with one attached hydrogen (secondary N) is 1. The van der Waals surface area contributed by atoms with Gasteiger partial charge in [-0.15, -0.1) is 0 Å². The van der Waals surface area contributed by atoms with E-state index < -0.39 is 6.09 Å². The maximum atomic E-state index is 11.3. The molecule has 1 unspecified atom stereocenters. The van der Waals surface area contributed by atoms with Gasteiger partial charge in [0.25, 0.3) is 0 Å². The summed E-state index contributed by atoms with van der Waals surface area (Å²) < 4.78 is 5.07. The third kappa shape index (κ3) is 1.66. The molecule has 1 fully saturated rings. The molecule has 0 aromatic heterocycles. The van der Waals surface area contributed by atoms with Gasteiger partial charge in [-0.25, -0.2) is 4.79 Å². The molecule has 0 radical (unpaired) electrons. The van der Waals surface area contributed by atoms with Gasteiger partial charge in [-0.3, -0.25) is 10.3 Å². The van der Waals surface area contributed by atoms with E-state index in [1.807, 2.05) is 27.7 Å². The molecule has 1 heterocycles. The van der Waals surface area contributed by atoms with Crippen LogP contribution in [0.2, 0.25) is 0 Å². The first-order chi connectivity index (χ1) is 5.95. The third-order valence-electron chi connectivity index (χ3n) is 2.08. The smallest absolute Gasteiger partial charge is 0.416 e. The minimum Gasteiger partial charge on any atom is -0.437 e. The van der Waals surface area contributed by atoms with Gasteiger partial charge in [0.05, 0.1) is 0 Å². The lowest BCUT2D eigenvalue weighted by Crippen LogP contribution is -2.37. The molecule has 1 atom stereocenters. The highest BCUT2D eigenvalue weighted by Gasteiger charge is 2.40. The fourth-order valence-corrected chi connectivity index (χ4v) is 1.40. The lowest BCUT2D eigenvalue weighted by Gasteiger charge is -2.18. The normalized spacial score (nSPS) is 23.2. The van der Waals surface area contributed by atoms with Crippen molar-refractivity contribution in [3.05, 3.63) is 0 Å². The molecule has 0 saturated carbocycles. The highest BCUT2D eigenvalue weighted by Crippen LogP contribution is 2.21. The molecule has 0 aromatic rings. The van der Waals surface area contributed by atoms with Crippen molar-refractivity contribution in [2.45, 2.75) is 39.8 Å². The Balaban J connectivity index is 2.82. The number of amides is 1. The molecule has 13 heavy (non-hydrogen) atoms. The first kappa shape index (κ1) is 10.0. The number of rotatable bonds is 2. The van der Waals surface area contributed by atoms with Gasteiger partial charge in [-0.2, -0.15) is 0 Å².